The van der Waals surface area contributed by atoms with E-state index in [1.165, 1.54) is 16.5 Å². The zero-order valence-electron chi connectivity index (χ0n) is 29.8. The van der Waals surface area contributed by atoms with E-state index in [0.717, 1.165) is 88.6 Å². The minimum absolute atomic E-state index is 0.841. The number of hydrogen-bond donors (Lipinski definition) is 0. The van der Waals surface area contributed by atoms with Crippen LogP contribution in [0.4, 0.5) is 17.1 Å². The standard InChI is InChI=1S/C52H33NO2/c1-3-14-34(15-4-1)38-32-33-47(42-19-8-7-18-41(38)42)53(37-30-28-36(29-31-37)40-22-11-23-44-43-20-9-10-27-49(43)54-50(40)44)48-26-13-25-46-45-24-12-21-39(51(45)55-52(46)48)35-16-5-2-6-17-35/h1-33H. The molecular weight excluding hydrogens is 671 g/mol. The average molecular weight is 704 g/mol. The highest BCUT2D eigenvalue weighted by Gasteiger charge is 2.23. The van der Waals surface area contributed by atoms with Crippen LogP contribution in [0.3, 0.4) is 0 Å². The lowest BCUT2D eigenvalue weighted by Gasteiger charge is -2.27. The number of benzene rings is 9. The van der Waals surface area contributed by atoms with Gasteiger partial charge in [0.2, 0.25) is 0 Å². The molecule has 9 aromatic carbocycles. The third-order valence-corrected chi connectivity index (χ3v) is 10.9. The molecule has 3 heteroatoms. The predicted molar refractivity (Wildman–Crippen MR) is 229 cm³/mol. The molecule has 0 radical (unpaired) electrons. The van der Waals surface area contributed by atoms with Crippen molar-refractivity contribution in [1.82, 2.24) is 0 Å². The summed E-state index contributed by atoms with van der Waals surface area (Å²) in [5.74, 6) is 0. The van der Waals surface area contributed by atoms with Gasteiger partial charge in [0.25, 0.3) is 0 Å². The van der Waals surface area contributed by atoms with Crippen LogP contribution in [0.25, 0.3) is 88.0 Å². The highest BCUT2D eigenvalue weighted by molar-refractivity contribution is 6.15. The van der Waals surface area contributed by atoms with E-state index in [2.05, 4.69) is 187 Å². The molecular formula is C52H33NO2. The largest absolute Gasteiger partial charge is 0.455 e. The third kappa shape index (κ3) is 5.05. The lowest BCUT2D eigenvalue weighted by atomic mass is 9.96. The number of para-hydroxylation sites is 4. The van der Waals surface area contributed by atoms with Crippen molar-refractivity contribution >= 4 is 71.7 Å². The maximum atomic E-state index is 7.01. The highest BCUT2D eigenvalue weighted by Crippen LogP contribution is 2.47. The van der Waals surface area contributed by atoms with Crippen molar-refractivity contribution < 1.29 is 8.83 Å². The SMILES string of the molecule is c1ccc(-c2ccc(N(c3ccc(-c4cccc5c4oc4ccccc45)cc3)c3cccc4c3oc3c(-c5ccccc5)cccc34)c3ccccc23)cc1. The molecule has 11 rings (SSSR count). The number of fused-ring (bicyclic) bond motifs is 7. The van der Waals surface area contributed by atoms with Crippen LogP contribution in [0.2, 0.25) is 0 Å². The summed E-state index contributed by atoms with van der Waals surface area (Å²) >= 11 is 0. The quantitative estimate of drug-likeness (QED) is 0.173. The molecule has 0 saturated heterocycles. The molecule has 2 heterocycles. The number of hydrogen-bond acceptors (Lipinski definition) is 3. The van der Waals surface area contributed by atoms with Gasteiger partial charge in [-0.2, -0.15) is 0 Å². The minimum atomic E-state index is 0.841. The number of furan rings is 2. The fourth-order valence-corrected chi connectivity index (χ4v) is 8.35. The molecule has 258 valence electrons. The van der Waals surface area contributed by atoms with Gasteiger partial charge in [-0.1, -0.05) is 170 Å². The summed E-state index contributed by atoms with van der Waals surface area (Å²) in [4.78, 5) is 2.36. The van der Waals surface area contributed by atoms with Gasteiger partial charge in [-0.25, -0.2) is 0 Å². The molecule has 0 amide bonds. The van der Waals surface area contributed by atoms with Crippen molar-refractivity contribution in [1.29, 1.82) is 0 Å². The van der Waals surface area contributed by atoms with Crippen molar-refractivity contribution in [2.24, 2.45) is 0 Å². The molecule has 0 unspecified atom stereocenters. The second-order valence-corrected chi connectivity index (χ2v) is 14.0. The maximum Gasteiger partial charge on any atom is 0.159 e. The average Bonchev–Trinajstić information content (AvgIpc) is 3.84. The van der Waals surface area contributed by atoms with Gasteiger partial charge < -0.3 is 13.7 Å². The first-order valence-electron chi connectivity index (χ1n) is 18.7. The van der Waals surface area contributed by atoms with Gasteiger partial charge in [0, 0.05) is 43.7 Å². The van der Waals surface area contributed by atoms with Gasteiger partial charge in [-0.15, -0.1) is 0 Å². The summed E-state index contributed by atoms with van der Waals surface area (Å²) in [6, 6.07) is 70.8. The topological polar surface area (TPSA) is 29.5 Å². The first-order chi connectivity index (χ1) is 27.3. The summed E-state index contributed by atoms with van der Waals surface area (Å²) in [7, 11) is 0. The normalized spacial score (nSPS) is 11.6. The van der Waals surface area contributed by atoms with Gasteiger partial charge in [0.15, 0.2) is 5.58 Å². The molecule has 0 aliphatic carbocycles. The van der Waals surface area contributed by atoms with Gasteiger partial charge in [-0.05, 0) is 58.0 Å². The Morgan fingerprint density at radius 1 is 0.273 bits per heavy atom. The molecule has 55 heavy (non-hydrogen) atoms. The van der Waals surface area contributed by atoms with Crippen LogP contribution < -0.4 is 4.90 Å². The molecule has 0 bridgehead atoms. The fraction of sp³-hybridized carbons (Fsp3) is 0. The Balaban J connectivity index is 1.14. The Morgan fingerprint density at radius 3 is 1.49 bits per heavy atom. The van der Waals surface area contributed by atoms with Crippen molar-refractivity contribution in [2.45, 2.75) is 0 Å². The van der Waals surface area contributed by atoms with Gasteiger partial charge in [-0.3, -0.25) is 0 Å². The lowest BCUT2D eigenvalue weighted by molar-refractivity contribution is 0.670. The molecule has 0 saturated carbocycles. The van der Waals surface area contributed by atoms with E-state index >= 15 is 0 Å². The van der Waals surface area contributed by atoms with Crippen molar-refractivity contribution in [2.75, 3.05) is 4.90 Å². The molecule has 0 spiro atoms. The Bertz CT molecular complexity index is 3190. The molecule has 0 atom stereocenters. The maximum absolute atomic E-state index is 7.01. The van der Waals surface area contributed by atoms with Gasteiger partial charge >= 0.3 is 0 Å². The highest BCUT2D eigenvalue weighted by atomic mass is 16.3. The zero-order chi connectivity index (χ0) is 36.3. The second-order valence-electron chi connectivity index (χ2n) is 14.0. The van der Waals surface area contributed by atoms with E-state index in [1.807, 2.05) is 18.2 Å². The predicted octanol–water partition coefficient (Wildman–Crippen LogP) is 15.1. The first-order valence-corrected chi connectivity index (χ1v) is 18.7. The van der Waals surface area contributed by atoms with Gasteiger partial charge in [0.1, 0.15) is 16.7 Å². The lowest BCUT2D eigenvalue weighted by Crippen LogP contribution is -2.11. The molecule has 2 aromatic heterocycles. The summed E-state index contributed by atoms with van der Waals surface area (Å²) < 4.78 is 13.5. The van der Waals surface area contributed by atoms with E-state index in [0.29, 0.717) is 0 Å². The van der Waals surface area contributed by atoms with Crippen LogP contribution in [0.1, 0.15) is 0 Å². The van der Waals surface area contributed by atoms with E-state index in [1.54, 1.807) is 0 Å². The molecule has 0 aliphatic heterocycles. The molecule has 11 aromatic rings. The molecule has 3 nitrogen and oxygen atoms in total. The molecule has 0 N–H and O–H groups in total. The minimum Gasteiger partial charge on any atom is -0.455 e. The zero-order valence-corrected chi connectivity index (χ0v) is 29.8. The first kappa shape index (κ1) is 31.2. The summed E-state index contributed by atoms with van der Waals surface area (Å²) in [5.41, 5.74) is 13.3. The Labute approximate surface area is 317 Å². The third-order valence-electron chi connectivity index (χ3n) is 10.9. The van der Waals surface area contributed by atoms with E-state index in [4.69, 9.17) is 8.83 Å². The van der Waals surface area contributed by atoms with E-state index in [-0.39, 0.29) is 0 Å². The smallest absolute Gasteiger partial charge is 0.159 e. The second kappa shape index (κ2) is 12.6. The van der Waals surface area contributed by atoms with Crippen molar-refractivity contribution in [3.63, 3.8) is 0 Å². The number of anilines is 3. The van der Waals surface area contributed by atoms with Gasteiger partial charge in [0.05, 0.1) is 11.4 Å². The van der Waals surface area contributed by atoms with Crippen LogP contribution in [-0.4, -0.2) is 0 Å². The van der Waals surface area contributed by atoms with Crippen LogP contribution in [0.5, 0.6) is 0 Å². The van der Waals surface area contributed by atoms with Crippen LogP contribution in [0.15, 0.2) is 209 Å². The Hall–Kier alpha value is -7.36. The van der Waals surface area contributed by atoms with Crippen molar-refractivity contribution in [3.05, 3.63) is 200 Å². The summed E-state index contributed by atoms with van der Waals surface area (Å²) in [6.07, 6.45) is 0. The Kier molecular flexibility index (Phi) is 7.17. The van der Waals surface area contributed by atoms with Crippen LogP contribution in [0, 0.1) is 0 Å². The number of nitrogens with zero attached hydrogens (tertiary/aromatic N) is 1. The summed E-state index contributed by atoms with van der Waals surface area (Å²) in [6.45, 7) is 0. The van der Waals surface area contributed by atoms with E-state index in [9.17, 15) is 0 Å². The van der Waals surface area contributed by atoms with E-state index < -0.39 is 0 Å². The van der Waals surface area contributed by atoms with Crippen molar-refractivity contribution in [3.8, 4) is 33.4 Å². The van der Waals surface area contributed by atoms with Crippen LogP contribution in [-0.2, 0) is 0 Å². The van der Waals surface area contributed by atoms with Crippen LogP contribution >= 0.6 is 0 Å². The molecule has 0 aliphatic rings. The molecule has 0 fully saturated rings. The Morgan fingerprint density at radius 2 is 0.782 bits per heavy atom. The number of rotatable bonds is 6. The summed E-state index contributed by atoms with van der Waals surface area (Å²) in [5, 5.41) is 6.76. The monoisotopic (exact) mass is 703 g/mol. The fourth-order valence-electron chi connectivity index (χ4n) is 8.35.